The fraction of sp³-hybridized carbons (Fsp3) is 0.111. The fourth-order valence-electron chi connectivity index (χ4n) is 1.33. The smallest absolute Gasteiger partial charge is 0.238 e. The first-order valence-electron chi connectivity index (χ1n) is 5.10. The number of benzene rings is 1. The Morgan fingerprint density at radius 1 is 1.32 bits per heavy atom. The fourth-order valence-corrected chi connectivity index (χ4v) is 1.85. The van der Waals surface area contributed by atoms with Crippen LogP contribution in [0.5, 0.6) is 0 Å². The molecule has 1 heterocycles. The highest BCUT2D eigenvalue weighted by atomic mass is 32.2. The number of nitrogens with two attached hydrogens (primary N) is 1. The van der Waals surface area contributed by atoms with Crippen LogP contribution in [-0.4, -0.2) is 34.9 Å². The summed E-state index contributed by atoms with van der Waals surface area (Å²) in [6.07, 6.45) is -0.0343. The third kappa shape index (κ3) is 3.56. The van der Waals surface area contributed by atoms with E-state index in [0.717, 1.165) is 0 Å². The minimum absolute atomic E-state index is 0.0244. The second-order valence-electron chi connectivity index (χ2n) is 3.62. The molecule has 0 radical (unpaired) electrons. The Hall–Kier alpha value is -2.33. The van der Waals surface area contributed by atoms with Crippen molar-refractivity contribution in [3.63, 3.8) is 0 Å². The van der Waals surface area contributed by atoms with Crippen LogP contribution in [-0.2, 0) is 21.2 Å². The number of primary sulfonamides is 1. The summed E-state index contributed by atoms with van der Waals surface area (Å²) < 4.78 is 22.1. The second-order valence-corrected chi connectivity index (χ2v) is 5.18. The molecule has 1 aromatic carbocycles. The molecule has 2 aromatic rings. The molecular weight excluding hydrogens is 272 g/mol. The zero-order valence-electron chi connectivity index (χ0n) is 9.57. The summed E-state index contributed by atoms with van der Waals surface area (Å²) in [6, 6.07) is 5.49. The molecule has 0 saturated heterocycles. The second kappa shape index (κ2) is 5.12. The van der Waals surface area contributed by atoms with Gasteiger partial charge in [-0.15, -0.1) is 10.2 Å². The van der Waals surface area contributed by atoms with E-state index in [4.69, 9.17) is 5.14 Å². The van der Waals surface area contributed by atoms with Gasteiger partial charge in [0, 0.05) is 5.69 Å². The van der Waals surface area contributed by atoms with Gasteiger partial charge >= 0.3 is 0 Å². The van der Waals surface area contributed by atoms with Crippen molar-refractivity contribution in [1.29, 1.82) is 0 Å². The number of anilines is 1. The van der Waals surface area contributed by atoms with E-state index in [1.807, 2.05) is 0 Å². The van der Waals surface area contributed by atoms with Gasteiger partial charge in [0.1, 0.15) is 0 Å². The van der Waals surface area contributed by atoms with Crippen LogP contribution in [0.15, 0.2) is 29.2 Å². The van der Waals surface area contributed by atoms with Crippen molar-refractivity contribution in [2.75, 3.05) is 5.32 Å². The number of amides is 1. The van der Waals surface area contributed by atoms with Gasteiger partial charge in [0.15, 0.2) is 5.82 Å². The lowest BCUT2D eigenvalue weighted by Gasteiger charge is -2.04. The standard InChI is InChI=1S/C9H10N6O3S/c10-19(17,18)7-3-1-6(2-4-7)11-9(16)5-8-12-14-15-13-8/h1-4H,5H2,(H,11,16)(H2,10,17,18)(H,12,13,14,15). The van der Waals surface area contributed by atoms with Gasteiger partial charge in [-0.05, 0) is 24.3 Å². The number of nitrogens with zero attached hydrogens (tertiary/aromatic N) is 3. The minimum Gasteiger partial charge on any atom is -0.326 e. The third-order valence-electron chi connectivity index (χ3n) is 2.17. The molecule has 19 heavy (non-hydrogen) atoms. The molecule has 10 heteroatoms. The molecule has 1 amide bonds. The first kappa shape index (κ1) is 13.1. The monoisotopic (exact) mass is 282 g/mol. The molecule has 4 N–H and O–H groups in total. The molecule has 0 fully saturated rings. The Labute approximate surface area is 108 Å². The van der Waals surface area contributed by atoms with Gasteiger partial charge in [0.2, 0.25) is 15.9 Å². The Morgan fingerprint density at radius 2 is 2.00 bits per heavy atom. The SMILES string of the molecule is NS(=O)(=O)c1ccc(NC(=O)Cc2nn[nH]n2)cc1. The molecule has 0 unspecified atom stereocenters. The van der Waals surface area contributed by atoms with Gasteiger partial charge in [-0.3, -0.25) is 4.79 Å². The zero-order valence-corrected chi connectivity index (χ0v) is 10.4. The molecule has 9 nitrogen and oxygen atoms in total. The molecule has 0 saturated carbocycles. The lowest BCUT2D eigenvalue weighted by atomic mass is 10.3. The normalized spacial score (nSPS) is 11.2. The van der Waals surface area contributed by atoms with Crippen molar-refractivity contribution in [2.45, 2.75) is 11.3 Å². The maximum Gasteiger partial charge on any atom is 0.238 e. The van der Waals surface area contributed by atoms with E-state index in [0.29, 0.717) is 5.69 Å². The Kier molecular flexibility index (Phi) is 3.53. The number of hydrogen-bond donors (Lipinski definition) is 3. The van der Waals surface area contributed by atoms with Gasteiger partial charge in [0.25, 0.3) is 0 Å². The van der Waals surface area contributed by atoms with Crippen LogP contribution in [0.2, 0.25) is 0 Å². The Morgan fingerprint density at radius 3 is 2.53 bits per heavy atom. The Bertz CT molecular complexity index is 664. The lowest BCUT2D eigenvalue weighted by Crippen LogP contribution is -2.16. The first-order valence-corrected chi connectivity index (χ1v) is 6.65. The van der Waals surface area contributed by atoms with Crippen LogP contribution in [0.3, 0.4) is 0 Å². The largest absolute Gasteiger partial charge is 0.326 e. The Balaban J connectivity index is 2.02. The van der Waals surface area contributed by atoms with Crippen LogP contribution >= 0.6 is 0 Å². The topological polar surface area (TPSA) is 144 Å². The number of aromatic amines is 1. The number of carbonyl (C=O) groups excluding carboxylic acids is 1. The van der Waals surface area contributed by atoms with Crippen LogP contribution in [0.1, 0.15) is 5.82 Å². The molecular formula is C9H10N6O3S. The number of nitrogens with one attached hydrogen (secondary N) is 2. The third-order valence-corrected chi connectivity index (χ3v) is 3.10. The van der Waals surface area contributed by atoms with Gasteiger partial charge in [-0.2, -0.15) is 5.21 Å². The highest BCUT2D eigenvalue weighted by Gasteiger charge is 2.09. The van der Waals surface area contributed by atoms with Gasteiger partial charge in [0.05, 0.1) is 11.3 Å². The van der Waals surface area contributed by atoms with Crippen LogP contribution in [0, 0.1) is 0 Å². The molecule has 0 spiro atoms. The average molecular weight is 282 g/mol. The molecule has 0 atom stereocenters. The van der Waals surface area contributed by atoms with E-state index in [9.17, 15) is 13.2 Å². The molecule has 0 bridgehead atoms. The maximum atomic E-state index is 11.6. The highest BCUT2D eigenvalue weighted by Crippen LogP contribution is 2.12. The number of H-pyrrole nitrogens is 1. The maximum absolute atomic E-state index is 11.6. The van der Waals surface area contributed by atoms with Gasteiger partial charge in [-0.1, -0.05) is 5.21 Å². The molecule has 100 valence electrons. The summed E-state index contributed by atoms with van der Waals surface area (Å²) >= 11 is 0. The quantitative estimate of drug-likeness (QED) is 0.658. The molecule has 0 aliphatic rings. The molecule has 1 aromatic heterocycles. The number of rotatable bonds is 4. The lowest BCUT2D eigenvalue weighted by molar-refractivity contribution is -0.115. The van der Waals surface area contributed by atoms with Crippen LogP contribution < -0.4 is 10.5 Å². The predicted molar refractivity (Wildman–Crippen MR) is 64.3 cm³/mol. The van der Waals surface area contributed by atoms with Crippen molar-refractivity contribution >= 4 is 21.6 Å². The number of carbonyl (C=O) groups is 1. The first-order chi connectivity index (χ1) is 8.95. The van der Waals surface area contributed by atoms with Crippen molar-refractivity contribution in [3.05, 3.63) is 30.1 Å². The van der Waals surface area contributed by atoms with Crippen molar-refractivity contribution in [3.8, 4) is 0 Å². The van der Waals surface area contributed by atoms with E-state index in [-0.39, 0.29) is 23.0 Å². The molecule has 2 rings (SSSR count). The van der Waals surface area contributed by atoms with E-state index in [2.05, 4.69) is 25.9 Å². The van der Waals surface area contributed by atoms with E-state index in [1.165, 1.54) is 24.3 Å². The predicted octanol–water partition coefficient (Wildman–Crippen LogP) is -0.972. The van der Waals surface area contributed by atoms with E-state index >= 15 is 0 Å². The number of sulfonamides is 1. The number of tetrazole rings is 1. The zero-order chi connectivity index (χ0) is 13.9. The van der Waals surface area contributed by atoms with Crippen molar-refractivity contribution < 1.29 is 13.2 Å². The molecule has 0 aliphatic heterocycles. The van der Waals surface area contributed by atoms with Gasteiger partial charge < -0.3 is 5.32 Å². The summed E-state index contributed by atoms with van der Waals surface area (Å²) in [6.45, 7) is 0. The summed E-state index contributed by atoms with van der Waals surface area (Å²) in [5.41, 5.74) is 0.445. The summed E-state index contributed by atoms with van der Waals surface area (Å²) in [4.78, 5) is 11.6. The van der Waals surface area contributed by atoms with Crippen molar-refractivity contribution in [1.82, 2.24) is 20.6 Å². The minimum atomic E-state index is -3.73. The summed E-state index contributed by atoms with van der Waals surface area (Å²) in [5.74, 6) is -0.0802. The van der Waals surface area contributed by atoms with E-state index in [1.54, 1.807) is 0 Å². The summed E-state index contributed by atoms with van der Waals surface area (Å²) in [5, 5.41) is 20.4. The van der Waals surface area contributed by atoms with Crippen LogP contribution in [0.4, 0.5) is 5.69 Å². The van der Waals surface area contributed by atoms with E-state index < -0.39 is 10.0 Å². The summed E-state index contributed by atoms with van der Waals surface area (Å²) in [7, 11) is -3.73. The average Bonchev–Trinajstić information content (AvgIpc) is 2.81. The van der Waals surface area contributed by atoms with Gasteiger partial charge in [-0.25, -0.2) is 13.6 Å². The van der Waals surface area contributed by atoms with Crippen LogP contribution in [0.25, 0.3) is 0 Å². The number of aromatic nitrogens is 4. The highest BCUT2D eigenvalue weighted by molar-refractivity contribution is 7.89. The van der Waals surface area contributed by atoms with Crippen molar-refractivity contribution in [2.24, 2.45) is 5.14 Å². The number of hydrogen-bond acceptors (Lipinski definition) is 6. The molecule has 0 aliphatic carbocycles.